The van der Waals surface area contributed by atoms with Crippen LogP contribution in [0, 0.1) is 5.92 Å². The van der Waals surface area contributed by atoms with E-state index in [1.807, 2.05) is 35.7 Å². The summed E-state index contributed by atoms with van der Waals surface area (Å²) >= 11 is 1.52. The standard InChI is InChI=1S/C37H47N5O6S/c1-8-11-12-13-16-41(6)36(45)42-21-26(18-31(42)33(43)40-37(20-24(37)9-2)35(44)47-10-3)48-32-19-29(34-39-30(22-49-34)23(4)5)38-28-17-25(46-7)14-15-27(28)32/h8-9,14-15,17,19,22-24,26,31H,1-2,10-13,16,18,20-21H2,3-7H3,(H,40,43)/t24-,26-,31+,37-/m1/s1. The Hall–Kier alpha value is -4.45. The first-order valence-electron chi connectivity index (χ1n) is 16.9. The number of nitrogens with zero attached hydrogens (tertiary/aromatic N) is 4. The van der Waals surface area contributed by atoms with Crippen LogP contribution in [0.1, 0.15) is 64.5 Å². The minimum atomic E-state index is -1.18. The Morgan fingerprint density at radius 3 is 2.65 bits per heavy atom. The SMILES string of the molecule is C=CCCCCN(C)C(=O)N1C[C@H](Oc2cc(-c3nc(C(C)C)cs3)nc3cc(OC)ccc23)C[C@H]1C(=O)N[C@]1(C(=O)OCC)C[C@H]1C=C. The number of pyridine rings is 1. The highest BCUT2D eigenvalue weighted by Crippen LogP contribution is 2.46. The second kappa shape index (κ2) is 15.4. The van der Waals surface area contributed by atoms with Crippen molar-refractivity contribution in [3.05, 3.63) is 60.6 Å². The average Bonchev–Trinajstić information content (AvgIpc) is 3.38. The number of carbonyl (C=O) groups excluding carboxylic acids is 3. The molecule has 3 amide bonds. The number of urea groups is 1. The van der Waals surface area contributed by atoms with Crippen LogP contribution in [0.4, 0.5) is 4.79 Å². The lowest BCUT2D eigenvalue weighted by Crippen LogP contribution is -2.55. The van der Waals surface area contributed by atoms with Gasteiger partial charge in [-0.25, -0.2) is 19.6 Å². The van der Waals surface area contributed by atoms with Crippen molar-refractivity contribution in [2.45, 2.75) is 76.5 Å². The van der Waals surface area contributed by atoms with E-state index in [1.165, 1.54) is 11.3 Å². The summed E-state index contributed by atoms with van der Waals surface area (Å²) in [4.78, 5) is 53.8. The van der Waals surface area contributed by atoms with E-state index < -0.39 is 29.6 Å². The Labute approximate surface area is 292 Å². The van der Waals surface area contributed by atoms with Crippen LogP contribution in [-0.2, 0) is 14.3 Å². The number of allylic oxidation sites excluding steroid dienone is 1. The number of methoxy groups -OCH3 is 1. The van der Waals surface area contributed by atoms with Crippen molar-refractivity contribution in [1.82, 2.24) is 25.1 Å². The van der Waals surface area contributed by atoms with Crippen LogP contribution in [0.5, 0.6) is 11.5 Å². The number of rotatable bonds is 15. The molecule has 1 saturated carbocycles. The van der Waals surface area contributed by atoms with Crippen LogP contribution >= 0.6 is 11.3 Å². The molecule has 11 nitrogen and oxygen atoms in total. The van der Waals surface area contributed by atoms with Crippen molar-refractivity contribution in [1.29, 1.82) is 0 Å². The van der Waals surface area contributed by atoms with E-state index in [-0.39, 0.29) is 37.4 Å². The molecule has 49 heavy (non-hydrogen) atoms. The molecule has 0 spiro atoms. The normalized spacial score (nSPS) is 21.3. The molecule has 3 heterocycles. The molecular formula is C37H47N5O6S. The summed E-state index contributed by atoms with van der Waals surface area (Å²) in [7, 11) is 3.35. The molecule has 0 radical (unpaired) electrons. The van der Waals surface area contributed by atoms with Gasteiger partial charge in [0.15, 0.2) is 0 Å². The Morgan fingerprint density at radius 1 is 1.20 bits per heavy atom. The van der Waals surface area contributed by atoms with Crippen LogP contribution in [0.15, 0.2) is 55.0 Å². The fourth-order valence-electron chi connectivity index (χ4n) is 6.22. The number of amides is 3. The molecule has 262 valence electrons. The van der Waals surface area contributed by atoms with E-state index in [0.717, 1.165) is 35.4 Å². The fourth-order valence-corrected chi connectivity index (χ4v) is 7.16. The number of carbonyl (C=O) groups is 3. The molecule has 0 bridgehead atoms. The number of fused-ring (bicyclic) bond motifs is 1. The maximum Gasteiger partial charge on any atom is 0.332 e. The van der Waals surface area contributed by atoms with Gasteiger partial charge in [0.25, 0.3) is 0 Å². The predicted molar refractivity (Wildman–Crippen MR) is 191 cm³/mol. The van der Waals surface area contributed by atoms with Crippen LogP contribution in [-0.4, -0.2) is 89.2 Å². The van der Waals surface area contributed by atoms with E-state index >= 15 is 0 Å². The lowest BCUT2D eigenvalue weighted by molar-refractivity contribution is -0.149. The van der Waals surface area contributed by atoms with Crippen LogP contribution in [0.25, 0.3) is 21.6 Å². The summed E-state index contributed by atoms with van der Waals surface area (Å²) in [5, 5.41) is 6.52. The van der Waals surface area contributed by atoms with Crippen molar-refractivity contribution in [2.75, 3.05) is 33.9 Å². The van der Waals surface area contributed by atoms with Gasteiger partial charge in [0.1, 0.15) is 39.9 Å². The first-order chi connectivity index (χ1) is 23.5. The highest BCUT2D eigenvalue weighted by atomic mass is 32.1. The number of benzene rings is 1. The number of ether oxygens (including phenoxy) is 3. The van der Waals surface area contributed by atoms with Crippen molar-refractivity contribution < 1.29 is 28.6 Å². The molecule has 1 aliphatic carbocycles. The zero-order valence-corrected chi connectivity index (χ0v) is 29.9. The smallest absolute Gasteiger partial charge is 0.332 e. The van der Waals surface area contributed by atoms with Crippen molar-refractivity contribution in [2.24, 2.45) is 5.92 Å². The summed E-state index contributed by atoms with van der Waals surface area (Å²) in [5.41, 5.74) is 1.13. The second-order valence-electron chi connectivity index (χ2n) is 13.0. The largest absolute Gasteiger partial charge is 0.497 e. The number of unbranched alkanes of at least 4 members (excludes halogenated alkanes) is 2. The molecule has 0 unspecified atom stereocenters. The molecule has 1 saturated heterocycles. The fraction of sp³-hybridized carbons (Fsp3) is 0.486. The number of nitrogens with one attached hydrogen (secondary N) is 1. The molecule has 5 rings (SSSR count). The third-order valence-electron chi connectivity index (χ3n) is 9.18. The molecule has 1 aromatic carbocycles. The minimum absolute atomic E-state index is 0.176. The number of hydrogen-bond donors (Lipinski definition) is 1. The number of hydrogen-bond acceptors (Lipinski definition) is 9. The first kappa shape index (κ1) is 35.8. The Bertz CT molecular complexity index is 1710. The molecule has 12 heteroatoms. The van der Waals surface area contributed by atoms with Crippen LogP contribution in [0.3, 0.4) is 0 Å². The summed E-state index contributed by atoms with van der Waals surface area (Å²) in [6, 6.07) is 6.32. The van der Waals surface area contributed by atoms with Gasteiger partial charge in [-0.1, -0.05) is 26.0 Å². The maximum atomic E-state index is 14.0. The molecule has 4 atom stereocenters. The van der Waals surface area contributed by atoms with E-state index in [2.05, 4.69) is 32.3 Å². The van der Waals surface area contributed by atoms with Gasteiger partial charge in [-0.2, -0.15) is 0 Å². The van der Waals surface area contributed by atoms with Gasteiger partial charge >= 0.3 is 12.0 Å². The molecule has 1 aliphatic heterocycles. The Morgan fingerprint density at radius 2 is 2.00 bits per heavy atom. The number of aromatic nitrogens is 2. The highest BCUT2D eigenvalue weighted by molar-refractivity contribution is 7.13. The molecule has 1 N–H and O–H groups in total. The number of likely N-dealkylation sites (tertiary alicyclic amines) is 1. The van der Waals surface area contributed by atoms with Gasteiger partial charge < -0.3 is 29.3 Å². The van der Waals surface area contributed by atoms with E-state index in [9.17, 15) is 14.4 Å². The van der Waals surface area contributed by atoms with Gasteiger partial charge in [0.2, 0.25) is 5.91 Å². The van der Waals surface area contributed by atoms with Gasteiger partial charge in [-0.15, -0.1) is 24.5 Å². The maximum absolute atomic E-state index is 14.0. The summed E-state index contributed by atoms with van der Waals surface area (Å²) < 4.78 is 17.5. The van der Waals surface area contributed by atoms with E-state index in [1.54, 1.807) is 37.0 Å². The third-order valence-corrected chi connectivity index (χ3v) is 10.1. The van der Waals surface area contributed by atoms with Crippen LogP contribution in [0.2, 0.25) is 0 Å². The second-order valence-corrected chi connectivity index (χ2v) is 13.8. The number of esters is 1. The summed E-state index contributed by atoms with van der Waals surface area (Å²) in [6.07, 6.45) is 6.19. The monoisotopic (exact) mass is 689 g/mol. The summed E-state index contributed by atoms with van der Waals surface area (Å²) in [5.74, 6) is 0.325. The Kier molecular flexibility index (Phi) is 11.3. The van der Waals surface area contributed by atoms with Crippen molar-refractivity contribution in [3.63, 3.8) is 0 Å². The lowest BCUT2D eigenvalue weighted by atomic mass is 10.1. The highest BCUT2D eigenvalue weighted by Gasteiger charge is 2.62. The quantitative estimate of drug-likeness (QED) is 0.111. The van der Waals surface area contributed by atoms with Gasteiger partial charge in [-0.05, 0) is 50.7 Å². The average molecular weight is 690 g/mol. The lowest BCUT2D eigenvalue weighted by Gasteiger charge is -2.30. The van der Waals surface area contributed by atoms with E-state index in [0.29, 0.717) is 35.7 Å². The zero-order valence-electron chi connectivity index (χ0n) is 29.1. The molecule has 2 aliphatic rings. The molecule has 2 aromatic heterocycles. The molecule has 2 fully saturated rings. The number of thiazole rings is 1. The zero-order chi connectivity index (χ0) is 35.3. The first-order valence-corrected chi connectivity index (χ1v) is 17.8. The Balaban J connectivity index is 1.45. The van der Waals surface area contributed by atoms with Crippen LogP contribution < -0.4 is 14.8 Å². The topological polar surface area (TPSA) is 123 Å². The van der Waals surface area contributed by atoms with Crippen molar-refractivity contribution in [3.8, 4) is 22.2 Å². The van der Waals surface area contributed by atoms with Gasteiger partial charge in [0, 0.05) is 48.8 Å². The van der Waals surface area contributed by atoms with Gasteiger partial charge in [0.05, 0.1) is 31.5 Å². The van der Waals surface area contributed by atoms with Gasteiger partial charge in [-0.3, -0.25) is 4.79 Å². The molecule has 3 aromatic rings. The minimum Gasteiger partial charge on any atom is -0.497 e. The van der Waals surface area contributed by atoms with E-state index in [4.69, 9.17) is 24.2 Å². The molecular weight excluding hydrogens is 643 g/mol. The third kappa shape index (κ3) is 7.74. The van der Waals surface area contributed by atoms with Crippen molar-refractivity contribution >= 4 is 40.1 Å². The summed E-state index contributed by atoms with van der Waals surface area (Å²) in [6.45, 7) is 14.4. The predicted octanol–water partition coefficient (Wildman–Crippen LogP) is 6.34.